The molecule has 0 spiro atoms. The Morgan fingerprint density at radius 3 is 2.78 bits per heavy atom. The number of methoxy groups -OCH3 is 1. The molecule has 128 valence electrons. The molecule has 0 unspecified atom stereocenters. The van der Waals surface area contributed by atoms with Gasteiger partial charge in [0.25, 0.3) is 0 Å². The topological polar surface area (TPSA) is 30.9 Å². The van der Waals surface area contributed by atoms with Crippen LogP contribution in [0.15, 0.2) is 12.1 Å². The van der Waals surface area contributed by atoms with E-state index in [0.29, 0.717) is 17.4 Å². The van der Waals surface area contributed by atoms with Crippen LogP contribution in [-0.4, -0.2) is 44.9 Å². The van der Waals surface area contributed by atoms with Gasteiger partial charge in [-0.2, -0.15) is 0 Å². The Morgan fingerprint density at radius 1 is 1.30 bits per heavy atom. The summed E-state index contributed by atoms with van der Waals surface area (Å²) in [6.45, 7) is 7.82. The highest BCUT2D eigenvalue weighted by atomic mass is 35.5. The van der Waals surface area contributed by atoms with Crippen molar-refractivity contribution in [2.75, 3.05) is 40.0 Å². The van der Waals surface area contributed by atoms with Crippen LogP contribution in [0.5, 0.6) is 11.5 Å². The lowest BCUT2D eigenvalue weighted by Crippen LogP contribution is -2.49. The van der Waals surface area contributed by atoms with Gasteiger partial charge in [0.15, 0.2) is 11.5 Å². The van der Waals surface area contributed by atoms with Gasteiger partial charge in [-0.3, -0.25) is 4.90 Å². The molecule has 0 aromatic heterocycles. The number of rotatable bonds is 7. The molecule has 4 nitrogen and oxygen atoms in total. The molecule has 0 bridgehead atoms. The van der Waals surface area contributed by atoms with Crippen molar-refractivity contribution in [3.05, 3.63) is 22.7 Å². The number of ether oxygens (including phenoxy) is 3. The van der Waals surface area contributed by atoms with E-state index in [-0.39, 0.29) is 0 Å². The Bertz CT molecular complexity index is 525. The maximum absolute atomic E-state index is 6.39. The highest BCUT2D eigenvalue weighted by Gasteiger charge is 2.35. The van der Waals surface area contributed by atoms with Crippen LogP contribution < -0.4 is 9.47 Å². The zero-order valence-electron chi connectivity index (χ0n) is 14.0. The first-order chi connectivity index (χ1) is 11.2. The maximum atomic E-state index is 6.39. The normalized spacial score (nSPS) is 22.1. The van der Waals surface area contributed by atoms with Gasteiger partial charge in [0.2, 0.25) is 0 Å². The van der Waals surface area contributed by atoms with E-state index in [1.54, 1.807) is 7.11 Å². The molecular weight excluding hydrogens is 314 g/mol. The second kappa shape index (κ2) is 7.73. The molecule has 2 aliphatic heterocycles. The molecule has 1 aromatic rings. The van der Waals surface area contributed by atoms with Crippen molar-refractivity contribution in [3.8, 4) is 11.5 Å². The molecule has 2 aliphatic rings. The second-order valence-corrected chi connectivity index (χ2v) is 6.94. The van der Waals surface area contributed by atoms with Gasteiger partial charge in [0.05, 0.1) is 18.7 Å². The fraction of sp³-hybridized carbons (Fsp3) is 0.667. The van der Waals surface area contributed by atoms with Gasteiger partial charge in [-0.25, -0.2) is 0 Å². The molecule has 2 heterocycles. The average Bonchev–Trinajstić information content (AvgIpc) is 3.02. The van der Waals surface area contributed by atoms with E-state index >= 15 is 0 Å². The van der Waals surface area contributed by atoms with Gasteiger partial charge in [0.1, 0.15) is 0 Å². The summed E-state index contributed by atoms with van der Waals surface area (Å²) in [5.74, 6) is 2.93. The quantitative estimate of drug-likeness (QED) is 0.759. The summed E-state index contributed by atoms with van der Waals surface area (Å²) in [5, 5.41) is 0.633. The summed E-state index contributed by atoms with van der Waals surface area (Å²) < 4.78 is 16.7. The summed E-state index contributed by atoms with van der Waals surface area (Å²) in [7, 11) is 1.66. The zero-order chi connectivity index (χ0) is 16.2. The SMILES string of the molecule is CCCOc1c(Cl)cc(CN2CC([C@H]3CCOC3)C2)cc1OC. The van der Waals surface area contributed by atoms with Crippen LogP contribution in [0.4, 0.5) is 0 Å². The zero-order valence-corrected chi connectivity index (χ0v) is 14.8. The fourth-order valence-electron chi connectivity index (χ4n) is 3.43. The monoisotopic (exact) mass is 339 g/mol. The van der Waals surface area contributed by atoms with Crippen molar-refractivity contribution < 1.29 is 14.2 Å². The third kappa shape index (κ3) is 3.93. The van der Waals surface area contributed by atoms with E-state index in [0.717, 1.165) is 56.9 Å². The molecule has 2 fully saturated rings. The van der Waals surface area contributed by atoms with E-state index in [2.05, 4.69) is 11.8 Å². The van der Waals surface area contributed by atoms with Crippen molar-refractivity contribution in [1.82, 2.24) is 4.90 Å². The molecule has 23 heavy (non-hydrogen) atoms. The third-order valence-electron chi connectivity index (χ3n) is 4.76. The van der Waals surface area contributed by atoms with Crippen LogP contribution in [0, 0.1) is 11.8 Å². The number of benzene rings is 1. The third-order valence-corrected chi connectivity index (χ3v) is 5.04. The van der Waals surface area contributed by atoms with Crippen LogP contribution in [0.3, 0.4) is 0 Å². The number of nitrogens with zero attached hydrogens (tertiary/aromatic N) is 1. The van der Waals surface area contributed by atoms with Crippen LogP contribution in [-0.2, 0) is 11.3 Å². The van der Waals surface area contributed by atoms with Gasteiger partial charge >= 0.3 is 0 Å². The first-order valence-corrected chi connectivity index (χ1v) is 8.88. The lowest BCUT2D eigenvalue weighted by molar-refractivity contribution is 0.0443. The minimum absolute atomic E-state index is 0.633. The molecule has 3 rings (SSSR count). The molecule has 2 saturated heterocycles. The molecule has 0 saturated carbocycles. The number of hydrogen-bond donors (Lipinski definition) is 0. The molecular formula is C18H26ClNO3. The van der Waals surface area contributed by atoms with Gasteiger partial charge < -0.3 is 14.2 Å². The van der Waals surface area contributed by atoms with Crippen molar-refractivity contribution in [2.45, 2.75) is 26.3 Å². The maximum Gasteiger partial charge on any atom is 0.179 e. The summed E-state index contributed by atoms with van der Waals surface area (Å²) in [4.78, 5) is 2.46. The van der Waals surface area contributed by atoms with E-state index < -0.39 is 0 Å². The summed E-state index contributed by atoms with van der Waals surface area (Å²) in [5.41, 5.74) is 1.18. The summed E-state index contributed by atoms with van der Waals surface area (Å²) in [6, 6.07) is 4.05. The van der Waals surface area contributed by atoms with Crippen molar-refractivity contribution in [1.29, 1.82) is 0 Å². The standard InChI is InChI=1S/C18H26ClNO3/c1-3-5-23-18-16(19)7-13(8-17(18)21-2)9-20-10-15(11-20)14-4-6-22-12-14/h7-8,14-15H,3-6,9-12H2,1-2H3/t14-/m0/s1. The highest BCUT2D eigenvalue weighted by molar-refractivity contribution is 6.32. The predicted molar refractivity (Wildman–Crippen MR) is 91.5 cm³/mol. The Morgan fingerprint density at radius 2 is 2.13 bits per heavy atom. The minimum atomic E-state index is 0.633. The Hall–Kier alpha value is -0.970. The number of hydrogen-bond acceptors (Lipinski definition) is 4. The van der Waals surface area contributed by atoms with E-state index in [1.807, 2.05) is 12.1 Å². The summed E-state index contributed by atoms with van der Waals surface area (Å²) >= 11 is 6.39. The fourth-order valence-corrected chi connectivity index (χ4v) is 3.72. The van der Waals surface area contributed by atoms with Crippen LogP contribution in [0.2, 0.25) is 5.02 Å². The van der Waals surface area contributed by atoms with Gasteiger partial charge in [0, 0.05) is 32.8 Å². The molecule has 5 heteroatoms. The molecule has 0 amide bonds. The molecule has 0 N–H and O–H groups in total. The van der Waals surface area contributed by atoms with E-state index in [1.165, 1.54) is 12.0 Å². The van der Waals surface area contributed by atoms with Crippen molar-refractivity contribution >= 4 is 11.6 Å². The molecule has 0 aliphatic carbocycles. The predicted octanol–water partition coefficient (Wildman–Crippen LogP) is 3.61. The molecule has 1 atom stereocenters. The minimum Gasteiger partial charge on any atom is -0.493 e. The average molecular weight is 340 g/mol. The first-order valence-electron chi connectivity index (χ1n) is 8.50. The molecule has 0 radical (unpaired) electrons. The Balaban J connectivity index is 1.59. The lowest BCUT2D eigenvalue weighted by Gasteiger charge is -2.42. The van der Waals surface area contributed by atoms with Gasteiger partial charge in [-0.05, 0) is 42.4 Å². The van der Waals surface area contributed by atoms with Crippen molar-refractivity contribution in [3.63, 3.8) is 0 Å². The number of halogens is 1. The molecule has 1 aromatic carbocycles. The van der Waals surface area contributed by atoms with E-state index in [9.17, 15) is 0 Å². The van der Waals surface area contributed by atoms with Crippen LogP contribution in [0.1, 0.15) is 25.3 Å². The number of likely N-dealkylation sites (tertiary alicyclic amines) is 1. The first kappa shape index (κ1) is 16.9. The Labute approximate surface area is 143 Å². The van der Waals surface area contributed by atoms with Crippen LogP contribution in [0.25, 0.3) is 0 Å². The summed E-state index contributed by atoms with van der Waals surface area (Å²) in [6.07, 6.45) is 2.17. The van der Waals surface area contributed by atoms with Crippen LogP contribution >= 0.6 is 11.6 Å². The second-order valence-electron chi connectivity index (χ2n) is 6.54. The smallest absolute Gasteiger partial charge is 0.179 e. The van der Waals surface area contributed by atoms with E-state index in [4.69, 9.17) is 25.8 Å². The highest BCUT2D eigenvalue weighted by Crippen LogP contribution is 2.38. The van der Waals surface area contributed by atoms with Gasteiger partial charge in [-0.15, -0.1) is 0 Å². The van der Waals surface area contributed by atoms with Crippen molar-refractivity contribution in [2.24, 2.45) is 11.8 Å². The lowest BCUT2D eigenvalue weighted by atomic mass is 9.85. The van der Waals surface area contributed by atoms with Gasteiger partial charge in [-0.1, -0.05) is 18.5 Å². The largest absolute Gasteiger partial charge is 0.493 e. The Kier molecular flexibility index (Phi) is 5.67.